The van der Waals surface area contributed by atoms with Gasteiger partial charge in [0.05, 0.1) is 6.61 Å². The van der Waals surface area contributed by atoms with Gasteiger partial charge in [-0.2, -0.15) is 0 Å². The normalized spacial score (nSPS) is 11.8. The predicted molar refractivity (Wildman–Crippen MR) is 42.1 cm³/mol. The molecule has 0 spiro atoms. The molecule has 3 heteroatoms. The first-order valence-electron chi connectivity index (χ1n) is 3.73. The number of hydrogen-bond donors (Lipinski definition) is 1. The van der Waals surface area contributed by atoms with Crippen molar-refractivity contribution in [3.63, 3.8) is 0 Å². The quantitative estimate of drug-likeness (QED) is 0.625. The van der Waals surface area contributed by atoms with Crippen molar-refractivity contribution in [2.75, 3.05) is 6.61 Å². The summed E-state index contributed by atoms with van der Waals surface area (Å²) in [6, 6.07) is 0. The maximum Gasteiger partial charge on any atom is 0.337 e. The van der Waals surface area contributed by atoms with E-state index in [0.29, 0.717) is 12.5 Å². The van der Waals surface area contributed by atoms with Gasteiger partial charge in [-0.25, -0.2) is 4.79 Å². The van der Waals surface area contributed by atoms with Gasteiger partial charge in [-0.05, 0) is 19.8 Å². The van der Waals surface area contributed by atoms with Gasteiger partial charge < -0.3 is 9.84 Å². The van der Waals surface area contributed by atoms with Crippen molar-refractivity contribution in [1.29, 1.82) is 0 Å². The number of esters is 1. The zero-order valence-corrected chi connectivity index (χ0v) is 7.55. The molecule has 0 unspecified atom stereocenters. The van der Waals surface area contributed by atoms with Crippen molar-refractivity contribution >= 4 is 5.97 Å². The first-order valence-corrected chi connectivity index (χ1v) is 3.73. The van der Waals surface area contributed by atoms with Gasteiger partial charge in [0, 0.05) is 0 Å². The summed E-state index contributed by atoms with van der Waals surface area (Å²) >= 11 is 0. The van der Waals surface area contributed by atoms with Crippen LogP contribution in [0.25, 0.3) is 0 Å². The Labute approximate surface area is 67.4 Å². The first kappa shape index (κ1) is 10.4. The lowest BCUT2D eigenvalue weighted by Gasteiger charge is -2.16. The Hall–Kier alpha value is -0.570. The van der Waals surface area contributed by atoms with Crippen LogP contribution in [0.15, 0.2) is 0 Å². The van der Waals surface area contributed by atoms with E-state index < -0.39 is 11.6 Å². The fraction of sp³-hybridized carbons (Fsp3) is 0.875. The highest BCUT2D eigenvalue weighted by atomic mass is 16.5. The molecule has 0 rings (SSSR count). The highest BCUT2D eigenvalue weighted by Crippen LogP contribution is 2.05. The number of carbonyl (C=O) groups excluding carboxylic acids is 1. The molecular weight excluding hydrogens is 144 g/mol. The lowest BCUT2D eigenvalue weighted by molar-refractivity contribution is -0.162. The molecule has 1 N–H and O–H groups in total. The van der Waals surface area contributed by atoms with Crippen molar-refractivity contribution in [3.8, 4) is 0 Å². The van der Waals surface area contributed by atoms with Crippen molar-refractivity contribution in [1.82, 2.24) is 0 Å². The van der Waals surface area contributed by atoms with Crippen LogP contribution in [-0.4, -0.2) is 23.3 Å². The Morgan fingerprint density at radius 2 is 2.00 bits per heavy atom. The van der Waals surface area contributed by atoms with E-state index in [1.54, 1.807) is 0 Å². The molecular formula is C8H16O3. The fourth-order valence-corrected chi connectivity index (χ4v) is 0.419. The molecule has 0 aliphatic rings. The molecule has 0 aromatic heterocycles. The largest absolute Gasteiger partial charge is 0.463 e. The lowest BCUT2D eigenvalue weighted by atomic mass is 10.1. The van der Waals surface area contributed by atoms with Crippen LogP contribution in [0.5, 0.6) is 0 Å². The topological polar surface area (TPSA) is 46.5 Å². The molecule has 0 atom stereocenters. The SMILES string of the molecule is CC(C)COC(=O)C(C)(C)O. The first-order chi connectivity index (χ1) is 4.84. The van der Waals surface area contributed by atoms with E-state index >= 15 is 0 Å². The van der Waals surface area contributed by atoms with Crippen LogP contribution in [-0.2, 0) is 9.53 Å². The maximum absolute atomic E-state index is 10.9. The Kier molecular flexibility index (Phi) is 3.52. The number of carbonyl (C=O) groups is 1. The zero-order chi connectivity index (χ0) is 9.07. The average molecular weight is 160 g/mol. The Bertz CT molecular complexity index is 133. The monoisotopic (exact) mass is 160 g/mol. The minimum atomic E-state index is -1.37. The second-order valence-corrected chi connectivity index (χ2v) is 3.55. The second kappa shape index (κ2) is 3.72. The van der Waals surface area contributed by atoms with E-state index in [4.69, 9.17) is 9.84 Å². The molecule has 66 valence electrons. The van der Waals surface area contributed by atoms with E-state index in [1.807, 2.05) is 13.8 Å². The van der Waals surface area contributed by atoms with Gasteiger partial charge in [0.2, 0.25) is 0 Å². The van der Waals surface area contributed by atoms with E-state index in [2.05, 4.69) is 0 Å². The van der Waals surface area contributed by atoms with E-state index in [-0.39, 0.29) is 0 Å². The van der Waals surface area contributed by atoms with Crippen LogP contribution in [0.3, 0.4) is 0 Å². The number of hydrogen-bond acceptors (Lipinski definition) is 3. The highest BCUT2D eigenvalue weighted by molar-refractivity contribution is 5.78. The number of aliphatic hydroxyl groups is 1. The smallest absolute Gasteiger partial charge is 0.337 e. The number of rotatable bonds is 3. The van der Waals surface area contributed by atoms with Gasteiger partial charge >= 0.3 is 5.97 Å². The molecule has 0 aliphatic heterocycles. The molecule has 0 bridgehead atoms. The van der Waals surface area contributed by atoms with Crippen molar-refractivity contribution < 1.29 is 14.6 Å². The van der Waals surface area contributed by atoms with Crippen LogP contribution < -0.4 is 0 Å². The van der Waals surface area contributed by atoms with Gasteiger partial charge in [-0.3, -0.25) is 0 Å². The van der Waals surface area contributed by atoms with Crippen molar-refractivity contribution in [2.24, 2.45) is 5.92 Å². The van der Waals surface area contributed by atoms with Gasteiger partial charge in [0.1, 0.15) is 0 Å². The van der Waals surface area contributed by atoms with Gasteiger partial charge in [-0.1, -0.05) is 13.8 Å². The Morgan fingerprint density at radius 3 is 2.27 bits per heavy atom. The molecule has 0 aromatic carbocycles. The molecule has 0 fully saturated rings. The number of ether oxygens (including phenoxy) is 1. The van der Waals surface area contributed by atoms with Crippen LogP contribution in [0.4, 0.5) is 0 Å². The van der Waals surface area contributed by atoms with Gasteiger partial charge in [0.15, 0.2) is 5.60 Å². The summed E-state index contributed by atoms with van der Waals surface area (Å²) in [5.41, 5.74) is -1.37. The Morgan fingerprint density at radius 1 is 1.55 bits per heavy atom. The second-order valence-electron chi connectivity index (χ2n) is 3.55. The summed E-state index contributed by atoms with van der Waals surface area (Å²) in [5.74, 6) is -0.257. The van der Waals surface area contributed by atoms with Crippen molar-refractivity contribution in [3.05, 3.63) is 0 Å². The lowest BCUT2D eigenvalue weighted by Crippen LogP contribution is -2.33. The Balaban J connectivity index is 3.71. The van der Waals surface area contributed by atoms with Crippen LogP contribution in [0, 0.1) is 5.92 Å². The van der Waals surface area contributed by atoms with E-state index in [0.717, 1.165) is 0 Å². The van der Waals surface area contributed by atoms with Gasteiger partial charge in [-0.15, -0.1) is 0 Å². The molecule has 0 saturated carbocycles. The molecule has 0 amide bonds. The fourth-order valence-electron chi connectivity index (χ4n) is 0.419. The van der Waals surface area contributed by atoms with Crippen LogP contribution in [0.2, 0.25) is 0 Å². The maximum atomic E-state index is 10.9. The summed E-state index contributed by atoms with van der Waals surface area (Å²) in [5, 5.41) is 9.12. The molecule has 0 heterocycles. The third kappa shape index (κ3) is 4.79. The molecule has 0 aliphatic carbocycles. The third-order valence-electron chi connectivity index (χ3n) is 1.05. The minimum absolute atomic E-state index is 0.307. The summed E-state index contributed by atoms with van der Waals surface area (Å²) in [6.07, 6.45) is 0. The summed E-state index contributed by atoms with van der Waals surface area (Å²) in [7, 11) is 0. The standard InChI is InChI=1S/C8H16O3/c1-6(2)5-11-7(9)8(3,4)10/h6,10H,5H2,1-4H3. The molecule has 0 aromatic rings. The average Bonchev–Trinajstić information content (AvgIpc) is 1.80. The minimum Gasteiger partial charge on any atom is -0.463 e. The van der Waals surface area contributed by atoms with Crippen LogP contribution in [0.1, 0.15) is 27.7 Å². The molecule has 11 heavy (non-hydrogen) atoms. The predicted octanol–water partition coefficient (Wildman–Crippen LogP) is 0.956. The molecule has 0 radical (unpaired) electrons. The van der Waals surface area contributed by atoms with E-state index in [1.165, 1.54) is 13.8 Å². The molecule has 3 nitrogen and oxygen atoms in total. The third-order valence-corrected chi connectivity index (χ3v) is 1.05. The molecule has 0 saturated heterocycles. The summed E-state index contributed by atoms with van der Waals surface area (Å²) in [6.45, 7) is 7.07. The van der Waals surface area contributed by atoms with Crippen molar-refractivity contribution in [2.45, 2.75) is 33.3 Å². The summed E-state index contributed by atoms with van der Waals surface area (Å²) < 4.78 is 4.78. The van der Waals surface area contributed by atoms with Crippen LogP contribution >= 0.6 is 0 Å². The van der Waals surface area contributed by atoms with E-state index in [9.17, 15) is 4.79 Å². The summed E-state index contributed by atoms with van der Waals surface area (Å²) in [4.78, 5) is 10.9. The highest BCUT2D eigenvalue weighted by Gasteiger charge is 2.25. The van der Waals surface area contributed by atoms with Gasteiger partial charge in [0.25, 0.3) is 0 Å². The zero-order valence-electron chi connectivity index (χ0n) is 7.55.